The van der Waals surface area contributed by atoms with E-state index in [1.54, 1.807) is 12.4 Å². The van der Waals surface area contributed by atoms with Gasteiger partial charge < -0.3 is 16.2 Å². The first-order valence-electron chi connectivity index (χ1n) is 6.02. The van der Waals surface area contributed by atoms with Crippen molar-refractivity contribution >= 4 is 17.3 Å². The van der Waals surface area contributed by atoms with Gasteiger partial charge in [0.25, 0.3) is 0 Å². The number of hydrogen-bond donors (Lipinski definition) is 3. The van der Waals surface area contributed by atoms with Crippen LogP contribution in [0, 0.1) is 0 Å². The highest BCUT2D eigenvalue weighted by molar-refractivity contribution is 6.31. The Labute approximate surface area is 117 Å². The lowest BCUT2D eigenvalue weighted by atomic mass is 9.98. The molecule has 0 saturated carbocycles. The Kier molecular flexibility index (Phi) is 4.74. The molecule has 1 unspecified atom stereocenters. The Bertz CT molecular complexity index is 502. The van der Waals surface area contributed by atoms with Gasteiger partial charge in [-0.1, -0.05) is 29.8 Å². The first kappa shape index (κ1) is 13.8. The van der Waals surface area contributed by atoms with E-state index in [0.29, 0.717) is 17.3 Å². The summed E-state index contributed by atoms with van der Waals surface area (Å²) in [6, 6.07) is 9.27. The largest absolute Gasteiger partial charge is 0.397 e. The molecule has 0 radical (unpaired) electrons. The van der Waals surface area contributed by atoms with Crippen molar-refractivity contribution in [3.8, 4) is 0 Å². The molecule has 0 aliphatic heterocycles. The number of aliphatic hydroxyl groups excluding tert-OH is 1. The van der Waals surface area contributed by atoms with Crippen LogP contribution in [0.4, 0.5) is 5.69 Å². The third kappa shape index (κ3) is 3.23. The average molecular weight is 278 g/mol. The van der Waals surface area contributed by atoms with E-state index < -0.39 is 0 Å². The van der Waals surface area contributed by atoms with Crippen LogP contribution in [0.2, 0.25) is 5.02 Å². The van der Waals surface area contributed by atoms with E-state index in [-0.39, 0.29) is 12.6 Å². The zero-order chi connectivity index (χ0) is 13.7. The summed E-state index contributed by atoms with van der Waals surface area (Å²) < 4.78 is 0. The molecule has 0 amide bonds. The molecule has 0 fully saturated rings. The van der Waals surface area contributed by atoms with E-state index in [1.165, 1.54) is 0 Å². The predicted molar refractivity (Wildman–Crippen MR) is 77.0 cm³/mol. The van der Waals surface area contributed by atoms with E-state index in [2.05, 4.69) is 10.3 Å². The zero-order valence-electron chi connectivity index (χ0n) is 10.4. The standard InChI is InChI=1S/C14H16ClN3O/c15-12-4-2-1-3-10(12)14(18-7-8-19)11-5-6-17-9-13(11)16/h1-6,9,14,18-19H,7-8,16H2. The average Bonchev–Trinajstić information content (AvgIpc) is 2.42. The van der Waals surface area contributed by atoms with Gasteiger partial charge >= 0.3 is 0 Å². The third-order valence-corrected chi connectivity index (χ3v) is 3.22. The summed E-state index contributed by atoms with van der Waals surface area (Å²) in [5.74, 6) is 0. The van der Waals surface area contributed by atoms with Crippen LogP contribution in [0.5, 0.6) is 0 Å². The quantitative estimate of drug-likeness (QED) is 0.782. The van der Waals surface area contributed by atoms with Crippen LogP contribution in [0.1, 0.15) is 17.2 Å². The smallest absolute Gasteiger partial charge is 0.0613 e. The number of anilines is 1. The monoisotopic (exact) mass is 277 g/mol. The van der Waals surface area contributed by atoms with Crippen molar-refractivity contribution in [1.82, 2.24) is 10.3 Å². The van der Waals surface area contributed by atoms with Crippen molar-refractivity contribution < 1.29 is 5.11 Å². The van der Waals surface area contributed by atoms with Gasteiger partial charge in [-0.25, -0.2) is 0 Å². The fourth-order valence-corrected chi connectivity index (χ4v) is 2.23. The Hall–Kier alpha value is -1.62. The molecule has 1 aromatic heterocycles. The summed E-state index contributed by atoms with van der Waals surface area (Å²) in [4.78, 5) is 3.99. The molecule has 2 rings (SSSR count). The summed E-state index contributed by atoms with van der Waals surface area (Å²) in [5, 5.41) is 12.9. The minimum Gasteiger partial charge on any atom is -0.397 e. The molecule has 4 N–H and O–H groups in total. The number of nitrogens with two attached hydrogens (primary N) is 1. The molecule has 0 spiro atoms. The van der Waals surface area contributed by atoms with Crippen molar-refractivity contribution in [3.63, 3.8) is 0 Å². The van der Waals surface area contributed by atoms with E-state index in [1.807, 2.05) is 30.3 Å². The maximum Gasteiger partial charge on any atom is 0.0613 e. The number of rotatable bonds is 5. The lowest BCUT2D eigenvalue weighted by Gasteiger charge is -2.21. The number of aromatic nitrogens is 1. The molecule has 1 aromatic carbocycles. The van der Waals surface area contributed by atoms with Crippen LogP contribution in [-0.4, -0.2) is 23.2 Å². The molecule has 2 aromatic rings. The molecule has 1 atom stereocenters. The van der Waals surface area contributed by atoms with Crippen LogP contribution in [0.15, 0.2) is 42.7 Å². The molecule has 4 nitrogen and oxygen atoms in total. The van der Waals surface area contributed by atoms with E-state index >= 15 is 0 Å². The number of nitrogens with zero attached hydrogens (tertiary/aromatic N) is 1. The summed E-state index contributed by atoms with van der Waals surface area (Å²) in [7, 11) is 0. The first-order valence-corrected chi connectivity index (χ1v) is 6.40. The lowest BCUT2D eigenvalue weighted by molar-refractivity contribution is 0.288. The van der Waals surface area contributed by atoms with Crippen molar-refractivity contribution in [1.29, 1.82) is 0 Å². The minimum atomic E-state index is -0.163. The number of nitrogens with one attached hydrogen (secondary N) is 1. The number of halogens is 1. The van der Waals surface area contributed by atoms with Crippen molar-refractivity contribution in [3.05, 3.63) is 58.9 Å². The van der Waals surface area contributed by atoms with Gasteiger partial charge in [-0.2, -0.15) is 0 Å². The van der Waals surface area contributed by atoms with Crippen molar-refractivity contribution in [2.45, 2.75) is 6.04 Å². The molecule has 0 bridgehead atoms. The Balaban J connectivity index is 2.42. The van der Waals surface area contributed by atoms with Gasteiger partial charge in [-0.15, -0.1) is 0 Å². The molecular formula is C14H16ClN3O. The topological polar surface area (TPSA) is 71.2 Å². The van der Waals surface area contributed by atoms with Gasteiger partial charge in [0.05, 0.1) is 24.5 Å². The van der Waals surface area contributed by atoms with Crippen molar-refractivity contribution in [2.75, 3.05) is 18.9 Å². The maximum atomic E-state index is 9.01. The van der Waals surface area contributed by atoms with Gasteiger partial charge in [-0.3, -0.25) is 4.98 Å². The summed E-state index contributed by atoms with van der Waals surface area (Å²) in [6.45, 7) is 0.504. The molecule has 0 aliphatic carbocycles. The second-order valence-electron chi connectivity index (χ2n) is 4.14. The van der Waals surface area contributed by atoms with Gasteiger partial charge in [0.1, 0.15) is 0 Å². The highest BCUT2D eigenvalue weighted by atomic mass is 35.5. The summed E-state index contributed by atoms with van der Waals surface area (Å²) in [5.41, 5.74) is 8.39. The van der Waals surface area contributed by atoms with Crippen LogP contribution < -0.4 is 11.1 Å². The molecular weight excluding hydrogens is 262 g/mol. The zero-order valence-corrected chi connectivity index (χ0v) is 11.1. The SMILES string of the molecule is Nc1cnccc1C(NCCO)c1ccccc1Cl. The van der Waals surface area contributed by atoms with E-state index in [0.717, 1.165) is 11.1 Å². The number of benzene rings is 1. The molecule has 19 heavy (non-hydrogen) atoms. The van der Waals surface area contributed by atoms with E-state index in [4.69, 9.17) is 22.4 Å². The van der Waals surface area contributed by atoms with Crippen LogP contribution in [0.25, 0.3) is 0 Å². The summed E-state index contributed by atoms with van der Waals surface area (Å²) in [6.07, 6.45) is 3.30. The predicted octanol–water partition coefficient (Wildman–Crippen LogP) is 1.99. The second-order valence-corrected chi connectivity index (χ2v) is 4.54. The van der Waals surface area contributed by atoms with Gasteiger partial charge in [-0.05, 0) is 23.3 Å². The number of aliphatic hydroxyl groups is 1. The highest BCUT2D eigenvalue weighted by Gasteiger charge is 2.18. The fraction of sp³-hybridized carbons (Fsp3) is 0.214. The lowest BCUT2D eigenvalue weighted by Crippen LogP contribution is -2.26. The summed E-state index contributed by atoms with van der Waals surface area (Å²) >= 11 is 6.24. The minimum absolute atomic E-state index is 0.0476. The molecule has 1 heterocycles. The number of nitrogen functional groups attached to an aromatic ring is 1. The maximum absolute atomic E-state index is 9.01. The van der Waals surface area contributed by atoms with Gasteiger partial charge in [0.15, 0.2) is 0 Å². The fourth-order valence-electron chi connectivity index (χ4n) is 1.99. The van der Waals surface area contributed by atoms with Gasteiger partial charge in [0.2, 0.25) is 0 Å². The molecule has 100 valence electrons. The number of hydrogen-bond acceptors (Lipinski definition) is 4. The molecule has 0 saturated heterocycles. The molecule has 0 aliphatic rings. The Morgan fingerprint density at radius 3 is 2.74 bits per heavy atom. The Morgan fingerprint density at radius 1 is 1.26 bits per heavy atom. The first-order chi connectivity index (χ1) is 9.24. The van der Waals surface area contributed by atoms with Gasteiger partial charge in [0, 0.05) is 17.8 Å². The number of pyridine rings is 1. The van der Waals surface area contributed by atoms with Crippen LogP contribution in [-0.2, 0) is 0 Å². The molecule has 5 heteroatoms. The van der Waals surface area contributed by atoms with Crippen LogP contribution in [0.3, 0.4) is 0 Å². The third-order valence-electron chi connectivity index (χ3n) is 2.87. The highest BCUT2D eigenvalue weighted by Crippen LogP contribution is 2.30. The normalized spacial score (nSPS) is 12.3. The Morgan fingerprint density at radius 2 is 2.05 bits per heavy atom. The van der Waals surface area contributed by atoms with Crippen molar-refractivity contribution in [2.24, 2.45) is 0 Å². The second kappa shape index (κ2) is 6.52. The van der Waals surface area contributed by atoms with E-state index in [9.17, 15) is 0 Å². The van der Waals surface area contributed by atoms with Crippen LogP contribution >= 0.6 is 11.6 Å².